The highest BCUT2D eigenvalue weighted by Gasteiger charge is 2.22. The van der Waals surface area contributed by atoms with Crippen molar-refractivity contribution in [2.24, 2.45) is 0 Å². The first kappa shape index (κ1) is 13.5. The summed E-state index contributed by atoms with van der Waals surface area (Å²) < 4.78 is 6.74. The van der Waals surface area contributed by atoms with Crippen LogP contribution in [0.15, 0.2) is 16.5 Å². The number of aromatic nitrogens is 4. The van der Waals surface area contributed by atoms with Gasteiger partial charge in [-0.25, -0.2) is 4.68 Å². The van der Waals surface area contributed by atoms with Gasteiger partial charge in [-0.05, 0) is 40.6 Å². The highest BCUT2D eigenvalue weighted by molar-refractivity contribution is 6.28. The third-order valence-electron chi connectivity index (χ3n) is 2.66. The van der Waals surface area contributed by atoms with Crippen LogP contribution in [0.3, 0.4) is 0 Å². The van der Waals surface area contributed by atoms with Gasteiger partial charge in [0.05, 0.1) is 12.5 Å². The molecule has 1 N–H and O–H groups in total. The van der Waals surface area contributed by atoms with Gasteiger partial charge >= 0.3 is 5.97 Å². The van der Waals surface area contributed by atoms with Crippen LogP contribution in [0.4, 0.5) is 0 Å². The first-order valence-electron chi connectivity index (χ1n) is 5.87. The predicted molar refractivity (Wildman–Crippen MR) is 66.7 cm³/mol. The summed E-state index contributed by atoms with van der Waals surface area (Å²) in [5.41, 5.74) is 0. The van der Waals surface area contributed by atoms with Gasteiger partial charge in [-0.2, -0.15) is 0 Å². The van der Waals surface area contributed by atoms with Gasteiger partial charge < -0.3 is 9.52 Å². The minimum Gasteiger partial charge on any atom is -0.481 e. The second kappa shape index (κ2) is 5.83. The number of hydrogen-bond donors (Lipinski definition) is 1. The quantitative estimate of drug-likeness (QED) is 0.875. The lowest BCUT2D eigenvalue weighted by atomic mass is 10.1. The van der Waals surface area contributed by atoms with Crippen LogP contribution in [0, 0.1) is 0 Å². The fourth-order valence-electron chi connectivity index (χ4n) is 1.88. The zero-order valence-electron chi connectivity index (χ0n) is 10.3. The number of carboxylic acid groups (broad SMARTS) is 1. The van der Waals surface area contributed by atoms with Gasteiger partial charge in [-0.3, -0.25) is 4.79 Å². The number of carbonyl (C=O) groups is 1. The third-order valence-corrected chi connectivity index (χ3v) is 2.87. The maximum Gasteiger partial charge on any atom is 0.305 e. The van der Waals surface area contributed by atoms with E-state index in [4.69, 9.17) is 21.1 Å². The Kier molecular flexibility index (Phi) is 4.16. The Labute approximate surface area is 114 Å². The Balaban J connectivity index is 2.33. The number of carboxylic acids is 1. The van der Waals surface area contributed by atoms with E-state index in [0.29, 0.717) is 18.0 Å². The molecule has 0 fully saturated rings. The molecule has 1 unspecified atom stereocenters. The van der Waals surface area contributed by atoms with Gasteiger partial charge in [0.15, 0.2) is 11.0 Å². The normalized spacial score (nSPS) is 12.5. The molecule has 0 aliphatic heterocycles. The van der Waals surface area contributed by atoms with E-state index >= 15 is 0 Å². The van der Waals surface area contributed by atoms with Crippen molar-refractivity contribution in [1.29, 1.82) is 0 Å². The van der Waals surface area contributed by atoms with Crippen LogP contribution in [0.5, 0.6) is 0 Å². The Morgan fingerprint density at radius 3 is 2.95 bits per heavy atom. The highest BCUT2D eigenvalue weighted by Crippen LogP contribution is 2.26. The molecule has 0 amide bonds. The molecule has 0 saturated carbocycles. The average molecular weight is 285 g/mol. The number of nitrogens with zero attached hydrogens (tertiary/aromatic N) is 4. The predicted octanol–water partition coefficient (Wildman–Crippen LogP) is 2.40. The Hall–Kier alpha value is -1.89. The lowest BCUT2D eigenvalue weighted by molar-refractivity contribution is -0.138. The van der Waals surface area contributed by atoms with E-state index in [9.17, 15) is 4.79 Å². The zero-order chi connectivity index (χ0) is 13.8. The second-order valence-electron chi connectivity index (χ2n) is 4.09. The fraction of sp³-hybridized carbons (Fsp3) is 0.455. The molecule has 2 aromatic rings. The topological polar surface area (TPSA) is 94.0 Å². The second-order valence-corrected chi connectivity index (χ2v) is 4.46. The lowest BCUT2D eigenvalue weighted by Gasteiger charge is -2.14. The number of furan rings is 1. The van der Waals surface area contributed by atoms with E-state index in [1.54, 1.807) is 12.1 Å². The first-order valence-corrected chi connectivity index (χ1v) is 6.25. The molecule has 2 aromatic heterocycles. The minimum atomic E-state index is -0.891. The van der Waals surface area contributed by atoms with Gasteiger partial charge in [-0.15, -0.1) is 5.10 Å². The van der Waals surface area contributed by atoms with Crippen molar-refractivity contribution in [3.8, 4) is 11.6 Å². The van der Waals surface area contributed by atoms with Gasteiger partial charge in [0.25, 0.3) is 0 Å². The SMILES string of the molecule is CCCC(CC(=O)O)n1nnnc1-c1ccc(Cl)o1. The molecule has 0 aliphatic rings. The van der Waals surface area contributed by atoms with Gasteiger partial charge in [0.1, 0.15) is 0 Å². The van der Waals surface area contributed by atoms with Crippen LogP contribution in [-0.4, -0.2) is 31.3 Å². The molecular weight excluding hydrogens is 272 g/mol. The van der Waals surface area contributed by atoms with Crippen molar-refractivity contribution < 1.29 is 14.3 Å². The Morgan fingerprint density at radius 1 is 1.58 bits per heavy atom. The number of rotatable bonds is 6. The van der Waals surface area contributed by atoms with E-state index in [1.807, 2.05) is 6.92 Å². The van der Waals surface area contributed by atoms with Crippen molar-refractivity contribution in [3.63, 3.8) is 0 Å². The Morgan fingerprint density at radius 2 is 2.37 bits per heavy atom. The molecule has 0 radical (unpaired) electrons. The number of halogens is 1. The summed E-state index contributed by atoms with van der Waals surface area (Å²) in [6, 6.07) is 2.92. The van der Waals surface area contributed by atoms with Crippen LogP contribution >= 0.6 is 11.6 Å². The maximum absolute atomic E-state index is 10.9. The average Bonchev–Trinajstić information content (AvgIpc) is 2.95. The maximum atomic E-state index is 10.9. The summed E-state index contributed by atoms with van der Waals surface area (Å²) in [7, 11) is 0. The molecule has 0 saturated heterocycles. The molecule has 102 valence electrons. The van der Waals surface area contributed by atoms with Crippen molar-refractivity contribution in [2.75, 3.05) is 0 Å². The number of hydrogen-bond acceptors (Lipinski definition) is 5. The lowest BCUT2D eigenvalue weighted by Crippen LogP contribution is -2.16. The van der Waals surface area contributed by atoms with Gasteiger partial charge in [0, 0.05) is 0 Å². The molecule has 2 heterocycles. The molecule has 7 nitrogen and oxygen atoms in total. The van der Waals surface area contributed by atoms with Crippen LogP contribution in [0.25, 0.3) is 11.6 Å². The van der Waals surface area contributed by atoms with Crippen LogP contribution in [-0.2, 0) is 4.79 Å². The molecule has 2 rings (SSSR count). The molecule has 1 atom stereocenters. The Bertz CT molecular complexity index is 566. The van der Waals surface area contributed by atoms with Crippen LogP contribution < -0.4 is 0 Å². The molecule has 0 spiro atoms. The first-order chi connectivity index (χ1) is 9.11. The summed E-state index contributed by atoms with van der Waals surface area (Å²) in [6.45, 7) is 1.97. The monoisotopic (exact) mass is 284 g/mol. The van der Waals surface area contributed by atoms with Crippen molar-refractivity contribution in [3.05, 3.63) is 17.4 Å². The van der Waals surface area contributed by atoms with E-state index < -0.39 is 5.97 Å². The molecule has 0 aromatic carbocycles. The standard InChI is InChI=1S/C11H13ClN4O3/c1-2-3-7(6-10(17)18)16-11(13-14-15-16)8-4-5-9(12)19-8/h4-5,7H,2-3,6H2,1H3,(H,17,18). The van der Waals surface area contributed by atoms with E-state index in [-0.39, 0.29) is 17.7 Å². The summed E-state index contributed by atoms with van der Waals surface area (Å²) in [6.07, 6.45) is 1.45. The zero-order valence-corrected chi connectivity index (χ0v) is 11.0. The number of aliphatic carboxylic acids is 1. The van der Waals surface area contributed by atoms with Gasteiger partial charge in [-0.1, -0.05) is 13.3 Å². The summed E-state index contributed by atoms with van der Waals surface area (Å²) in [5.74, 6) is -0.0922. The molecule has 0 aliphatic carbocycles. The summed E-state index contributed by atoms with van der Waals surface area (Å²) in [4.78, 5) is 10.9. The van der Waals surface area contributed by atoms with Crippen LogP contribution in [0.2, 0.25) is 5.22 Å². The molecule has 0 bridgehead atoms. The minimum absolute atomic E-state index is 0.0413. The van der Waals surface area contributed by atoms with Crippen molar-refractivity contribution in [2.45, 2.75) is 32.2 Å². The van der Waals surface area contributed by atoms with Crippen molar-refractivity contribution in [1.82, 2.24) is 20.2 Å². The number of tetrazole rings is 1. The van der Waals surface area contributed by atoms with E-state index in [2.05, 4.69) is 15.5 Å². The summed E-state index contributed by atoms with van der Waals surface area (Å²) in [5, 5.41) is 20.5. The smallest absolute Gasteiger partial charge is 0.305 e. The van der Waals surface area contributed by atoms with Gasteiger partial charge in [0.2, 0.25) is 5.82 Å². The largest absolute Gasteiger partial charge is 0.481 e. The van der Waals surface area contributed by atoms with Crippen LogP contribution in [0.1, 0.15) is 32.2 Å². The van der Waals surface area contributed by atoms with E-state index in [0.717, 1.165) is 6.42 Å². The van der Waals surface area contributed by atoms with E-state index in [1.165, 1.54) is 4.68 Å². The molecule has 19 heavy (non-hydrogen) atoms. The molecular formula is C11H13ClN4O3. The molecule has 8 heteroatoms. The van der Waals surface area contributed by atoms with Crippen molar-refractivity contribution >= 4 is 17.6 Å². The highest BCUT2D eigenvalue weighted by atomic mass is 35.5. The fourth-order valence-corrected chi connectivity index (χ4v) is 2.03. The summed E-state index contributed by atoms with van der Waals surface area (Å²) >= 11 is 5.72. The third kappa shape index (κ3) is 3.11.